The number of hydrogen-bond acceptors (Lipinski definition) is 11. The van der Waals surface area contributed by atoms with Gasteiger partial charge >= 0.3 is 6.03 Å². The number of carbonyl (C=O) groups excluding carboxylic acids is 5. The van der Waals surface area contributed by atoms with E-state index in [-0.39, 0.29) is 42.1 Å². The Morgan fingerprint density at radius 1 is 0.932 bits per heavy atom. The van der Waals surface area contributed by atoms with E-state index in [1.165, 1.54) is 0 Å². The van der Waals surface area contributed by atoms with Crippen LogP contribution in [0.5, 0.6) is 5.88 Å². The van der Waals surface area contributed by atoms with Gasteiger partial charge in [0.05, 0.1) is 41.7 Å². The monoisotopic (exact) mass is 798 g/mol. The molecule has 2 aromatic carbocycles. The fourth-order valence-electron chi connectivity index (χ4n) is 8.46. The van der Waals surface area contributed by atoms with Crippen molar-refractivity contribution in [2.45, 2.75) is 57.7 Å². The summed E-state index contributed by atoms with van der Waals surface area (Å²) in [5.41, 5.74) is 4.24. The van der Waals surface area contributed by atoms with E-state index in [1.807, 2.05) is 42.2 Å². The number of nitrogens with zero attached hydrogens (tertiary/aromatic N) is 8. The number of piperazine rings is 2. The number of urea groups is 1. The molecule has 8 rings (SSSR count). The molecule has 16 heteroatoms. The molecule has 1 unspecified atom stereocenters. The molecule has 6 heterocycles. The number of amides is 6. The number of fused-ring (bicyclic) bond motifs is 2. The summed E-state index contributed by atoms with van der Waals surface area (Å²) in [4.78, 5) is 86.0. The lowest BCUT2D eigenvalue weighted by molar-refractivity contribution is -0.136. The number of hydrogen-bond donors (Lipinski definition) is 2. The summed E-state index contributed by atoms with van der Waals surface area (Å²) in [6.07, 6.45) is 5.32. The maximum atomic E-state index is 13.4. The van der Waals surface area contributed by atoms with Crippen molar-refractivity contribution >= 4 is 63.3 Å². The number of nitrogens with one attached hydrogen (secondary N) is 2. The lowest BCUT2D eigenvalue weighted by Crippen LogP contribution is -2.59. The zero-order valence-corrected chi connectivity index (χ0v) is 33.1. The summed E-state index contributed by atoms with van der Waals surface area (Å²) < 4.78 is 5.91. The van der Waals surface area contributed by atoms with E-state index in [9.17, 15) is 24.0 Å². The smallest absolute Gasteiger partial charge is 0.322 e. The molecule has 3 saturated heterocycles. The Hall–Kier alpha value is -6.60. The first-order valence-electron chi connectivity index (χ1n) is 20.1. The van der Waals surface area contributed by atoms with Crippen molar-refractivity contribution in [2.75, 3.05) is 67.5 Å². The Balaban J connectivity index is 0.750. The number of carbonyl (C=O) groups is 5. The zero-order chi connectivity index (χ0) is 41.2. The van der Waals surface area contributed by atoms with Crippen LogP contribution in [0.25, 0.3) is 15.7 Å². The van der Waals surface area contributed by atoms with Crippen LogP contribution in [0.1, 0.15) is 60.2 Å². The molecule has 2 N–H and O–H groups in total. The molecule has 3 atom stereocenters. The molecular weight excluding hydrogens is 753 g/mol. The molecule has 0 aliphatic carbocycles. The van der Waals surface area contributed by atoms with Crippen LogP contribution in [0.3, 0.4) is 0 Å². The molecule has 59 heavy (non-hydrogen) atoms. The van der Waals surface area contributed by atoms with Gasteiger partial charge in [-0.2, -0.15) is 0 Å². The SMILES string of the molecule is [C-]#[N+]c1ccc(N2C[C@@H](C)N(C(=O)Nc3ccc(OCCCCN4CCN(c5ccc6c(c5)C(=O)N(C5CCC(=O)NC5=O)C6=O)CC4)nc3)C[C@@H]2C)c2cccnc12. The lowest BCUT2D eigenvalue weighted by atomic mass is 10.0. The van der Waals surface area contributed by atoms with E-state index in [2.05, 4.69) is 47.1 Å². The molecular formula is C43H46N10O6. The summed E-state index contributed by atoms with van der Waals surface area (Å²) >= 11 is 0. The fourth-order valence-corrected chi connectivity index (χ4v) is 8.46. The van der Waals surface area contributed by atoms with Crippen molar-refractivity contribution in [3.05, 3.63) is 89.5 Å². The Morgan fingerprint density at radius 3 is 2.51 bits per heavy atom. The molecule has 0 saturated carbocycles. The largest absolute Gasteiger partial charge is 0.478 e. The van der Waals surface area contributed by atoms with Crippen molar-refractivity contribution in [1.29, 1.82) is 0 Å². The van der Waals surface area contributed by atoms with Crippen LogP contribution in [-0.4, -0.2) is 125 Å². The third kappa shape index (κ3) is 7.98. The molecule has 4 aliphatic rings. The van der Waals surface area contributed by atoms with Gasteiger partial charge in [0.15, 0.2) is 0 Å². The van der Waals surface area contributed by atoms with Crippen molar-refractivity contribution in [1.82, 2.24) is 30.0 Å². The first-order chi connectivity index (χ1) is 28.6. The second kappa shape index (κ2) is 16.7. The van der Waals surface area contributed by atoms with Crippen molar-refractivity contribution in [3.8, 4) is 5.88 Å². The van der Waals surface area contributed by atoms with Gasteiger partial charge in [-0.25, -0.2) is 14.6 Å². The Kier molecular flexibility index (Phi) is 11.1. The molecule has 0 bridgehead atoms. The highest BCUT2D eigenvalue weighted by atomic mass is 16.5. The Bertz CT molecular complexity index is 2340. The highest BCUT2D eigenvalue weighted by Crippen LogP contribution is 2.35. The second-order valence-electron chi connectivity index (χ2n) is 15.5. The summed E-state index contributed by atoms with van der Waals surface area (Å²) in [7, 11) is 0. The van der Waals surface area contributed by atoms with Gasteiger partial charge in [0.1, 0.15) is 6.04 Å². The third-order valence-corrected chi connectivity index (χ3v) is 11.7. The van der Waals surface area contributed by atoms with Gasteiger partial charge in [0.25, 0.3) is 11.8 Å². The maximum Gasteiger partial charge on any atom is 0.322 e. The second-order valence-corrected chi connectivity index (χ2v) is 15.5. The fraction of sp³-hybridized carbons (Fsp3) is 0.395. The van der Waals surface area contributed by atoms with E-state index >= 15 is 0 Å². The third-order valence-electron chi connectivity index (χ3n) is 11.7. The van der Waals surface area contributed by atoms with Crippen LogP contribution in [0.2, 0.25) is 0 Å². The van der Waals surface area contributed by atoms with E-state index < -0.39 is 29.7 Å². The van der Waals surface area contributed by atoms with Crippen molar-refractivity contribution in [3.63, 3.8) is 0 Å². The molecule has 0 spiro atoms. The number of imide groups is 2. The average Bonchev–Trinajstić information content (AvgIpc) is 3.49. The Labute approximate surface area is 341 Å². The topological polar surface area (TPSA) is 165 Å². The van der Waals surface area contributed by atoms with E-state index in [4.69, 9.17) is 11.3 Å². The van der Waals surface area contributed by atoms with Crippen LogP contribution in [-0.2, 0) is 9.59 Å². The van der Waals surface area contributed by atoms with E-state index in [1.54, 1.807) is 36.7 Å². The van der Waals surface area contributed by atoms with Gasteiger partial charge in [-0.05, 0) is 76.1 Å². The molecule has 16 nitrogen and oxygen atoms in total. The molecule has 6 amide bonds. The van der Waals surface area contributed by atoms with Crippen molar-refractivity contribution < 1.29 is 28.7 Å². The van der Waals surface area contributed by atoms with Crippen LogP contribution < -0.4 is 25.2 Å². The van der Waals surface area contributed by atoms with E-state index in [0.29, 0.717) is 42.5 Å². The van der Waals surface area contributed by atoms with Gasteiger partial charge in [0.2, 0.25) is 23.4 Å². The molecule has 3 fully saturated rings. The van der Waals surface area contributed by atoms with Crippen LogP contribution in [0, 0.1) is 6.57 Å². The van der Waals surface area contributed by atoms with E-state index in [0.717, 1.165) is 67.2 Å². The summed E-state index contributed by atoms with van der Waals surface area (Å²) in [5, 5.41) is 6.15. The number of rotatable bonds is 10. The summed E-state index contributed by atoms with van der Waals surface area (Å²) in [5.74, 6) is -1.52. The quantitative estimate of drug-likeness (QED) is 0.130. The van der Waals surface area contributed by atoms with Crippen LogP contribution >= 0.6 is 0 Å². The van der Waals surface area contributed by atoms with Gasteiger partial charge in [-0.1, -0.05) is 12.1 Å². The van der Waals surface area contributed by atoms with Crippen LogP contribution in [0.4, 0.5) is 27.5 Å². The number of anilines is 3. The molecule has 304 valence electrons. The minimum atomic E-state index is -0.981. The zero-order valence-electron chi connectivity index (χ0n) is 33.1. The summed E-state index contributed by atoms with van der Waals surface area (Å²) in [6, 6.07) is 15.3. The van der Waals surface area contributed by atoms with Gasteiger partial charge in [-0.3, -0.25) is 39.3 Å². The number of ether oxygens (including phenoxy) is 1. The number of pyridine rings is 2. The molecule has 4 aromatic rings. The predicted molar refractivity (Wildman–Crippen MR) is 221 cm³/mol. The first-order valence-corrected chi connectivity index (χ1v) is 20.1. The highest BCUT2D eigenvalue weighted by Gasteiger charge is 2.45. The first kappa shape index (κ1) is 39.2. The molecule has 4 aliphatic heterocycles. The summed E-state index contributed by atoms with van der Waals surface area (Å²) in [6.45, 7) is 17.5. The average molecular weight is 799 g/mol. The number of aromatic nitrogens is 2. The molecule has 2 aromatic heterocycles. The number of benzene rings is 2. The van der Waals surface area contributed by atoms with Crippen LogP contribution in [0.15, 0.2) is 67.0 Å². The predicted octanol–water partition coefficient (Wildman–Crippen LogP) is 4.69. The maximum absolute atomic E-state index is 13.4. The minimum Gasteiger partial charge on any atom is -0.478 e. The lowest BCUT2D eigenvalue weighted by Gasteiger charge is -2.45. The van der Waals surface area contributed by atoms with Gasteiger partial charge in [-0.15, -0.1) is 0 Å². The highest BCUT2D eigenvalue weighted by molar-refractivity contribution is 6.23. The number of piperidine rings is 1. The van der Waals surface area contributed by atoms with Gasteiger partial charge < -0.3 is 24.8 Å². The Morgan fingerprint density at radius 2 is 1.75 bits per heavy atom. The number of unbranched alkanes of at least 4 members (excludes halogenated alkanes) is 1. The normalized spacial score (nSPS) is 21.1. The standard InChI is InChI=1S/C43H46N10O6/c1-27-26-52(28(2)25-51(27)35-12-11-34(44-3)39-32(35)7-6-16-45-39)43(58)47-29-8-15-38(46-24-29)59-22-5-4-17-49-18-20-50(21-19-49)30-9-10-31-33(23-30)42(57)53(41(31)56)36-13-14-37(54)48-40(36)55/h6-12,15-16,23-24,27-28,36H,4-5,13-14,17-22,25-26H2,1-2H3,(H,47,58)(H,48,54,55)/t27-,28+,36?/m0/s1. The minimum absolute atomic E-state index is 0.0400. The van der Waals surface area contributed by atoms with Gasteiger partial charge in [0, 0.05) is 86.8 Å². The molecule has 0 radical (unpaired) electrons. The van der Waals surface area contributed by atoms with Crippen molar-refractivity contribution in [2.24, 2.45) is 0 Å².